The van der Waals surface area contributed by atoms with E-state index in [0.29, 0.717) is 6.54 Å². The van der Waals surface area contributed by atoms with Gasteiger partial charge in [0.15, 0.2) is 0 Å². The summed E-state index contributed by atoms with van der Waals surface area (Å²) in [6.45, 7) is 2.32. The van der Waals surface area contributed by atoms with E-state index in [2.05, 4.69) is 0 Å². The van der Waals surface area contributed by atoms with Crippen LogP contribution in [0.25, 0.3) is 0 Å². The van der Waals surface area contributed by atoms with E-state index in [1.165, 1.54) is 0 Å². The third kappa shape index (κ3) is 2.30. The Morgan fingerprint density at radius 1 is 1.41 bits per heavy atom. The minimum Gasteiger partial charge on any atom is -0.481 e. The van der Waals surface area contributed by atoms with Gasteiger partial charge in [-0.25, -0.2) is 0 Å². The third-order valence-corrected chi connectivity index (χ3v) is 3.06. The maximum atomic E-state index is 12.1. The normalized spacial score (nSPS) is 15.5. The third-order valence-electron chi connectivity index (χ3n) is 3.06. The second-order valence-electron chi connectivity index (χ2n) is 4.37. The van der Waals surface area contributed by atoms with E-state index >= 15 is 0 Å². The Bertz CT molecular complexity index is 456. The molecule has 1 atom stereocenters. The number of carbonyl (C=O) groups is 2. The zero-order valence-electron chi connectivity index (χ0n) is 9.72. The summed E-state index contributed by atoms with van der Waals surface area (Å²) in [6, 6.07) is 7.76. The summed E-state index contributed by atoms with van der Waals surface area (Å²) < 4.78 is 0. The van der Waals surface area contributed by atoms with Crippen molar-refractivity contribution in [3.63, 3.8) is 0 Å². The molecule has 1 aromatic carbocycles. The second kappa shape index (κ2) is 4.57. The molecular formula is C13H15NO3. The molecule has 0 spiro atoms. The number of rotatable bonds is 3. The lowest BCUT2D eigenvalue weighted by atomic mass is 10.1. The van der Waals surface area contributed by atoms with Crippen molar-refractivity contribution in [1.82, 2.24) is 0 Å². The van der Waals surface area contributed by atoms with Crippen LogP contribution in [-0.2, 0) is 16.0 Å². The van der Waals surface area contributed by atoms with Crippen molar-refractivity contribution in [1.29, 1.82) is 0 Å². The van der Waals surface area contributed by atoms with Gasteiger partial charge in [0.1, 0.15) is 0 Å². The van der Waals surface area contributed by atoms with Crippen LogP contribution in [0, 0.1) is 5.92 Å². The van der Waals surface area contributed by atoms with Crippen LogP contribution in [0.2, 0.25) is 0 Å². The molecule has 0 fully saturated rings. The van der Waals surface area contributed by atoms with E-state index in [4.69, 9.17) is 5.11 Å². The smallest absolute Gasteiger partial charge is 0.304 e. The molecule has 0 saturated heterocycles. The van der Waals surface area contributed by atoms with Gasteiger partial charge in [-0.15, -0.1) is 0 Å². The monoisotopic (exact) mass is 233 g/mol. The molecule has 0 bridgehead atoms. The first-order valence-corrected chi connectivity index (χ1v) is 5.70. The lowest BCUT2D eigenvalue weighted by molar-refractivity contribution is -0.140. The van der Waals surface area contributed by atoms with Crippen molar-refractivity contribution in [3.05, 3.63) is 29.8 Å². The molecule has 1 aliphatic rings. The lowest BCUT2D eigenvalue weighted by Crippen LogP contribution is -2.34. The lowest BCUT2D eigenvalue weighted by Gasteiger charge is -2.20. The van der Waals surface area contributed by atoms with E-state index in [9.17, 15) is 9.59 Å². The molecule has 1 aliphatic heterocycles. The number of carbonyl (C=O) groups excluding carboxylic acids is 1. The molecule has 0 saturated carbocycles. The van der Waals surface area contributed by atoms with E-state index in [-0.39, 0.29) is 12.3 Å². The first kappa shape index (κ1) is 11.6. The van der Waals surface area contributed by atoms with E-state index in [1.54, 1.807) is 11.8 Å². The van der Waals surface area contributed by atoms with Gasteiger partial charge < -0.3 is 10.0 Å². The Kier molecular flexibility index (Phi) is 3.13. The fourth-order valence-electron chi connectivity index (χ4n) is 2.18. The summed E-state index contributed by atoms with van der Waals surface area (Å²) in [5.41, 5.74) is 2.08. The number of para-hydroxylation sites is 1. The largest absolute Gasteiger partial charge is 0.481 e. The number of hydrogen-bond acceptors (Lipinski definition) is 2. The molecule has 1 N–H and O–H groups in total. The summed E-state index contributed by atoms with van der Waals surface area (Å²) >= 11 is 0. The average molecular weight is 233 g/mol. The van der Waals surface area contributed by atoms with Crippen LogP contribution in [0.15, 0.2) is 24.3 Å². The quantitative estimate of drug-likeness (QED) is 0.864. The molecule has 90 valence electrons. The Hall–Kier alpha value is -1.84. The number of nitrogens with zero attached hydrogens (tertiary/aromatic N) is 1. The van der Waals surface area contributed by atoms with Crippen LogP contribution in [0.5, 0.6) is 0 Å². The Morgan fingerprint density at radius 3 is 2.82 bits per heavy atom. The maximum Gasteiger partial charge on any atom is 0.304 e. The Balaban J connectivity index is 2.15. The first-order chi connectivity index (χ1) is 8.09. The molecule has 4 heteroatoms. The zero-order chi connectivity index (χ0) is 12.4. The highest BCUT2D eigenvalue weighted by atomic mass is 16.4. The summed E-state index contributed by atoms with van der Waals surface area (Å²) in [5.74, 6) is -1.51. The van der Waals surface area contributed by atoms with Crippen LogP contribution in [-0.4, -0.2) is 23.5 Å². The van der Waals surface area contributed by atoms with E-state index in [1.807, 2.05) is 24.3 Å². The van der Waals surface area contributed by atoms with Crippen LogP contribution in [0.4, 0.5) is 5.69 Å². The molecule has 2 rings (SSSR count). The van der Waals surface area contributed by atoms with Crippen molar-refractivity contribution < 1.29 is 14.7 Å². The summed E-state index contributed by atoms with van der Waals surface area (Å²) in [4.78, 5) is 24.4. The average Bonchev–Trinajstić information content (AvgIpc) is 2.70. The van der Waals surface area contributed by atoms with Crippen molar-refractivity contribution in [3.8, 4) is 0 Å². The van der Waals surface area contributed by atoms with E-state index < -0.39 is 11.9 Å². The van der Waals surface area contributed by atoms with Crippen molar-refractivity contribution >= 4 is 17.6 Å². The summed E-state index contributed by atoms with van der Waals surface area (Å²) in [5, 5.41) is 8.70. The van der Waals surface area contributed by atoms with Crippen LogP contribution < -0.4 is 4.90 Å². The highest BCUT2D eigenvalue weighted by Gasteiger charge is 2.28. The number of anilines is 1. The number of benzene rings is 1. The number of aliphatic carboxylic acids is 1. The van der Waals surface area contributed by atoms with Gasteiger partial charge in [0, 0.05) is 18.2 Å². The summed E-state index contributed by atoms with van der Waals surface area (Å²) in [7, 11) is 0. The molecular weight excluding hydrogens is 218 g/mol. The number of hydrogen-bond donors (Lipinski definition) is 1. The van der Waals surface area contributed by atoms with Crippen molar-refractivity contribution in [2.45, 2.75) is 19.8 Å². The second-order valence-corrected chi connectivity index (χ2v) is 4.37. The standard InChI is InChI=1S/C13H15NO3/c1-9(8-12(15)16)13(17)14-7-6-10-4-2-3-5-11(10)14/h2-5,9H,6-8H2,1H3,(H,15,16). The Labute approximate surface area is 99.9 Å². The van der Waals surface area contributed by atoms with Crippen molar-refractivity contribution in [2.24, 2.45) is 5.92 Å². The highest BCUT2D eigenvalue weighted by molar-refractivity contribution is 5.98. The fraction of sp³-hybridized carbons (Fsp3) is 0.385. The maximum absolute atomic E-state index is 12.1. The predicted octanol–water partition coefficient (Wildman–Crippen LogP) is 1.69. The van der Waals surface area contributed by atoms with Crippen LogP contribution in [0.3, 0.4) is 0 Å². The first-order valence-electron chi connectivity index (χ1n) is 5.70. The van der Waals surface area contributed by atoms with Gasteiger partial charge in [-0.2, -0.15) is 0 Å². The molecule has 1 aromatic rings. The molecule has 1 amide bonds. The van der Waals surface area contributed by atoms with Crippen LogP contribution in [0.1, 0.15) is 18.9 Å². The summed E-state index contributed by atoms with van der Waals surface area (Å²) in [6.07, 6.45) is 0.735. The molecule has 1 unspecified atom stereocenters. The Morgan fingerprint density at radius 2 is 2.12 bits per heavy atom. The van der Waals surface area contributed by atoms with Gasteiger partial charge in [0.2, 0.25) is 5.91 Å². The zero-order valence-corrected chi connectivity index (χ0v) is 9.72. The van der Waals surface area contributed by atoms with Gasteiger partial charge in [-0.3, -0.25) is 9.59 Å². The van der Waals surface area contributed by atoms with Gasteiger partial charge in [-0.05, 0) is 18.1 Å². The molecule has 0 aromatic heterocycles. The van der Waals surface area contributed by atoms with Gasteiger partial charge >= 0.3 is 5.97 Å². The molecule has 4 nitrogen and oxygen atoms in total. The minimum atomic E-state index is -0.932. The number of amides is 1. The number of carboxylic acids is 1. The molecule has 1 heterocycles. The topological polar surface area (TPSA) is 57.6 Å². The minimum absolute atomic E-state index is 0.0997. The molecule has 17 heavy (non-hydrogen) atoms. The molecule has 0 aliphatic carbocycles. The predicted molar refractivity (Wildman–Crippen MR) is 63.9 cm³/mol. The van der Waals surface area contributed by atoms with Gasteiger partial charge in [-0.1, -0.05) is 25.1 Å². The number of fused-ring (bicyclic) bond motifs is 1. The number of carboxylic acid groups (broad SMARTS) is 1. The van der Waals surface area contributed by atoms with E-state index in [0.717, 1.165) is 17.7 Å². The van der Waals surface area contributed by atoms with Gasteiger partial charge in [0.05, 0.1) is 6.42 Å². The van der Waals surface area contributed by atoms with Gasteiger partial charge in [0.25, 0.3) is 0 Å². The fourth-order valence-corrected chi connectivity index (χ4v) is 2.18. The SMILES string of the molecule is CC(CC(=O)O)C(=O)N1CCc2ccccc21. The molecule has 0 radical (unpaired) electrons. The van der Waals surface area contributed by atoms with Crippen LogP contribution >= 0.6 is 0 Å². The van der Waals surface area contributed by atoms with Crippen molar-refractivity contribution in [2.75, 3.05) is 11.4 Å². The highest BCUT2D eigenvalue weighted by Crippen LogP contribution is 2.29.